The summed E-state index contributed by atoms with van der Waals surface area (Å²) in [6.45, 7) is 1.62. The van der Waals surface area contributed by atoms with Crippen molar-refractivity contribution in [2.24, 2.45) is 11.0 Å². The highest BCUT2D eigenvalue weighted by atomic mass is 16.5. The summed E-state index contributed by atoms with van der Waals surface area (Å²) >= 11 is 0. The van der Waals surface area contributed by atoms with Gasteiger partial charge in [0.2, 0.25) is 5.91 Å². The number of carbonyl (C=O) groups excluding carboxylic acids is 2. The largest absolute Gasteiger partial charge is 0.469 e. The van der Waals surface area contributed by atoms with Gasteiger partial charge < -0.3 is 4.74 Å². The Morgan fingerprint density at radius 3 is 2.62 bits per heavy atom. The monoisotopic (exact) mass is 356 g/mol. The van der Waals surface area contributed by atoms with Gasteiger partial charge >= 0.3 is 5.97 Å². The third-order valence-electron chi connectivity index (χ3n) is 4.17. The molecule has 26 heavy (non-hydrogen) atoms. The third-order valence-corrected chi connectivity index (χ3v) is 4.17. The van der Waals surface area contributed by atoms with Crippen LogP contribution in [0.1, 0.15) is 31.0 Å². The Bertz CT molecular complexity index is 907. The van der Waals surface area contributed by atoms with E-state index in [1.807, 2.05) is 6.07 Å². The van der Waals surface area contributed by atoms with Gasteiger partial charge in [-0.15, -0.1) is 0 Å². The van der Waals surface area contributed by atoms with Crippen LogP contribution in [0, 0.1) is 5.92 Å². The molecule has 0 aliphatic heterocycles. The van der Waals surface area contributed by atoms with Crippen molar-refractivity contribution < 1.29 is 14.3 Å². The second-order valence-electron chi connectivity index (χ2n) is 6.14. The average molecular weight is 356 g/mol. The van der Waals surface area contributed by atoms with Crippen LogP contribution in [-0.2, 0) is 20.7 Å². The number of amides is 1. The van der Waals surface area contributed by atoms with Crippen molar-refractivity contribution in [2.75, 3.05) is 7.11 Å². The number of nitrogens with zero attached hydrogens (tertiary/aromatic N) is 2. The molecule has 1 fully saturated rings. The quantitative estimate of drug-likeness (QED) is 0.460. The van der Waals surface area contributed by atoms with Gasteiger partial charge in [-0.2, -0.15) is 5.10 Å². The van der Waals surface area contributed by atoms with Crippen molar-refractivity contribution in [2.45, 2.75) is 26.2 Å². The number of rotatable bonds is 6. The highest BCUT2D eigenvalue weighted by molar-refractivity contribution is 6.00. The number of H-pyrrole nitrogens is 1. The summed E-state index contributed by atoms with van der Waals surface area (Å²) in [5.74, 6) is -0.631. The first kappa shape index (κ1) is 17.7. The van der Waals surface area contributed by atoms with Gasteiger partial charge in [0.05, 0.1) is 36.2 Å². The Labute approximate surface area is 149 Å². The van der Waals surface area contributed by atoms with Gasteiger partial charge in [0, 0.05) is 5.92 Å². The van der Waals surface area contributed by atoms with Crippen LogP contribution in [-0.4, -0.2) is 34.5 Å². The Kier molecular flexibility index (Phi) is 5.01. The molecule has 1 aromatic heterocycles. The van der Waals surface area contributed by atoms with Crippen LogP contribution in [0.2, 0.25) is 0 Å². The lowest BCUT2D eigenvalue weighted by molar-refractivity contribution is -0.139. The molecule has 8 nitrogen and oxygen atoms in total. The lowest BCUT2D eigenvalue weighted by Crippen LogP contribution is -2.24. The highest BCUT2D eigenvalue weighted by Gasteiger charge is 2.29. The minimum atomic E-state index is -0.484. The molecule has 2 aromatic rings. The molecule has 1 saturated carbocycles. The summed E-state index contributed by atoms with van der Waals surface area (Å²) in [4.78, 5) is 36.4. The molecular formula is C18H20N4O4. The van der Waals surface area contributed by atoms with Gasteiger partial charge in [0.15, 0.2) is 0 Å². The van der Waals surface area contributed by atoms with E-state index in [-0.39, 0.29) is 29.4 Å². The maximum absolute atomic E-state index is 12.9. The number of aromatic nitrogens is 2. The van der Waals surface area contributed by atoms with E-state index in [1.165, 1.54) is 11.8 Å². The standard InChI is InChI=1S/C18H20N4O4/c1-11(19-20-17(24)12-8-9-12)16-14(10-15(23)26-2)21-22(18(16)25)13-6-4-3-5-7-13/h3-7,12,21H,8-10H2,1-2H3,(H,20,24). The number of aromatic amines is 1. The molecule has 136 valence electrons. The van der Waals surface area contributed by atoms with E-state index in [0.29, 0.717) is 17.1 Å². The van der Waals surface area contributed by atoms with Crippen molar-refractivity contribution >= 4 is 17.6 Å². The SMILES string of the molecule is COC(=O)Cc1[nH]n(-c2ccccc2)c(=O)c1C(C)=NNC(=O)C1CC1. The van der Waals surface area contributed by atoms with Crippen LogP contribution >= 0.6 is 0 Å². The van der Waals surface area contributed by atoms with Crippen LogP contribution in [0.25, 0.3) is 5.69 Å². The van der Waals surface area contributed by atoms with Crippen LogP contribution in [0.15, 0.2) is 40.2 Å². The fourth-order valence-corrected chi connectivity index (χ4v) is 2.59. The van der Waals surface area contributed by atoms with E-state index < -0.39 is 5.97 Å². The number of para-hydroxylation sites is 1. The number of hydrogen-bond acceptors (Lipinski definition) is 5. The van der Waals surface area contributed by atoms with E-state index in [4.69, 9.17) is 4.74 Å². The van der Waals surface area contributed by atoms with E-state index in [2.05, 4.69) is 15.6 Å². The Morgan fingerprint density at radius 1 is 1.31 bits per heavy atom. The first-order valence-electron chi connectivity index (χ1n) is 8.32. The molecule has 1 aliphatic carbocycles. The maximum Gasteiger partial charge on any atom is 0.311 e. The predicted molar refractivity (Wildman–Crippen MR) is 95.2 cm³/mol. The topological polar surface area (TPSA) is 106 Å². The molecule has 1 amide bonds. The Hall–Kier alpha value is -3.16. The molecule has 1 aromatic carbocycles. The van der Waals surface area contributed by atoms with Crippen LogP contribution in [0.4, 0.5) is 0 Å². The van der Waals surface area contributed by atoms with Crippen molar-refractivity contribution in [3.8, 4) is 5.69 Å². The van der Waals surface area contributed by atoms with Crippen molar-refractivity contribution in [3.05, 3.63) is 51.9 Å². The molecule has 2 N–H and O–H groups in total. The van der Waals surface area contributed by atoms with Gasteiger partial charge in [0.25, 0.3) is 5.56 Å². The number of hydrogen-bond donors (Lipinski definition) is 2. The number of esters is 1. The first-order chi connectivity index (χ1) is 12.5. The smallest absolute Gasteiger partial charge is 0.311 e. The molecule has 0 radical (unpaired) electrons. The van der Waals surface area contributed by atoms with Crippen molar-refractivity contribution in [3.63, 3.8) is 0 Å². The molecule has 8 heteroatoms. The van der Waals surface area contributed by atoms with Crippen LogP contribution in [0.3, 0.4) is 0 Å². The molecular weight excluding hydrogens is 336 g/mol. The van der Waals surface area contributed by atoms with E-state index in [9.17, 15) is 14.4 Å². The van der Waals surface area contributed by atoms with Crippen LogP contribution in [0.5, 0.6) is 0 Å². The lowest BCUT2D eigenvalue weighted by atomic mass is 10.1. The number of ether oxygens (including phenoxy) is 1. The van der Waals surface area contributed by atoms with E-state index in [0.717, 1.165) is 12.8 Å². The third kappa shape index (κ3) is 3.74. The Morgan fingerprint density at radius 2 is 2.00 bits per heavy atom. The first-order valence-corrected chi connectivity index (χ1v) is 8.32. The van der Waals surface area contributed by atoms with Gasteiger partial charge in [-0.05, 0) is 31.9 Å². The van der Waals surface area contributed by atoms with Gasteiger partial charge in [-0.1, -0.05) is 18.2 Å². The summed E-state index contributed by atoms with van der Waals surface area (Å²) < 4.78 is 6.04. The normalized spacial score (nSPS) is 14.2. The van der Waals surface area contributed by atoms with E-state index >= 15 is 0 Å². The van der Waals surface area contributed by atoms with E-state index in [1.54, 1.807) is 31.2 Å². The summed E-state index contributed by atoms with van der Waals surface area (Å²) in [5, 5.41) is 6.99. The Balaban J connectivity index is 1.99. The second-order valence-corrected chi connectivity index (χ2v) is 6.14. The predicted octanol–water partition coefficient (Wildman–Crippen LogP) is 1.13. The van der Waals surface area contributed by atoms with Gasteiger partial charge in [-0.3, -0.25) is 19.5 Å². The zero-order valence-electron chi connectivity index (χ0n) is 14.6. The molecule has 0 saturated heterocycles. The number of carbonyl (C=O) groups is 2. The average Bonchev–Trinajstić information content (AvgIpc) is 3.45. The molecule has 1 aliphatic rings. The second kappa shape index (κ2) is 7.38. The summed E-state index contributed by atoms with van der Waals surface area (Å²) in [5.41, 5.74) is 3.72. The minimum Gasteiger partial charge on any atom is -0.469 e. The molecule has 1 heterocycles. The zero-order valence-corrected chi connectivity index (χ0v) is 14.6. The summed E-state index contributed by atoms with van der Waals surface area (Å²) in [7, 11) is 1.28. The molecule has 3 rings (SSSR count). The number of nitrogens with one attached hydrogen (secondary N) is 2. The minimum absolute atomic E-state index is 0.00768. The summed E-state index contributed by atoms with van der Waals surface area (Å²) in [6, 6.07) is 8.99. The molecule has 0 bridgehead atoms. The maximum atomic E-state index is 12.9. The molecule has 0 atom stereocenters. The molecule has 0 unspecified atom stereocenters. The number of benzene rings is 1. The fourth-order valence-electron chi connectivity index (χ4n) is 2.59. The number of methoxy groups -OCH3 is 1. The zero-order chi connectivity index (χ0) is 18.7. The van der Waals surface area contributed by atoms with Crippen molar-refractivity contribution in [1.29, 1.82) is 0 Å². The van der Waals surface area contributed by atoms with Crippen LogP contribution < -0.4 is 11.0 Å². The molecule has 0 spiro atoms. The highest BCUT2D eigenvalue weighted by Crippen LogP contribution is 2.28. The number of hydrazone groups is 1. The van der Waals surface area contributed by atoms with Gasteiger partial charge in [-0.25, -0.2) is 10.1 Å². The lowest BCUT2D eigenvalue weighted by Gasteiger charge is -2.02. The van der Waals surface area contributed by atoms with Gasteiger partial charge in [0.1, 0.15) is 0 Å². The van der Waals surface area contributed by atoms with Crippen molar-refractivity contribution in [1.82, 2.24) is 15.2 Å². The fraction of sp³-hybridized carbons (Fsp3) is 0.333. The summed E-state index contributed by atoms with van der Waals surface area (Å²) in [6.07, 6.45) is 1.61.